The Bertz CT molecular complexity index is 479. The summed E-state index contributed by atoms with van der Waals surface area (Å²) in [5, 5.41) is 9.26. The van der Waals surface area contributed by atoms with E-state index in [4.69, 9.17) is 0 Å². The molecule has 0 saturated carbocycles. The first-order chi connectivity index (χ1) is 8.39. The van der Waals surface area contributed by atoms with Gasteiger partial charge in [-0.25, -0.2) is 9.78 Å². The predicted octanol–water partition coefficient (Wildman–Crippen LogP) is 2.87. The molecular formula is C12H15BrN2O2S. The molecule has 0 bridgehead atoms. The molecule has 0 aromatic carbocycles. The number of thioether (sulfide) groups is 1. The van der Waals surface area contributed by atoms with E-state index in [9.17, 15) is 9.90 Å². The number of aromatic carboxylic acids is 1. The lowest BCUT2D eigenvalue weighted by Crippen LogP contribution is -2.44. The van der Waals surface area contributed by atoms with E-state index < -0.39 is 5.97 Å². The average Bonchev–Trinajstić information content (AvgIpc) is 2.27. The Labute approximate surface area is 119 Å². The summed E-state index contributed by atoms with van der Waals surface area (Å²) < 4.78 is 0.817. The molecule has 2 heterocycles. The van der Waals surface area contributed by atoms with Crippen LogP contribution in [0.25, 0.3) is 0 Å². The number of carboxylic acids is 1. The van der Waals surface area contributed by atoms with E-state index in [2.05, 4.69) is 39.7 Å². The smallest absolute Gasteiger partial charge is 0.339 e. The number of nitrogens with zero attached hydrogens (tertiary/aromatic N) is 2. The van der Waals surface area contributed by atoms with Gasteiger partial charge in [0.25, 0.3) is 0 Å². The molecule has 0 radical (unpaired) electrons. The summed E-state index contributed by atoms with van der Waals surface area (Å²) in [6.45, 7) is 5.99. The third-order valence-electron chi connectivity index (χ3n) is 2.79. The van der Waals surface area contributed by atoms with Crippen LogP contribution in [0.3, 0.4) is 0 Å². The van der Waals surface area contributed by atoms with E-state index in [1.54, 1.807) is 12.3 Å². The van der Waals surface area contributed by atoms with Crippen molar-refractivity contribution in [3.63, 3.8) is 0 Å². The normalized spacial score (nSPS) is 18.7. The van der Waals surface area contributed by atoms with Crippen molar-refractivity contribution in [3.8, 4) is 0 Å². The Morgan fingerprint density at radius 3 is 2.94 bits per heavy atom. The van der Waals surface area contributed by atoms with Gasteiger partial charge in [-0.2, -0.15) is 11.8 Å². The van der Waals surface area contributed by atoms with Crippen molar-refractivity contribution in [1.82, 2.24) is 4.98 Å². The van der Waals surface area contributed by atoms with Crippen LogP contribution in [0.4, 0.5) is 5.82 Å². The van der Waals surface area contributed by atoms with Gasteiger partial charge in [0.05, 0.1) is 0 Å². The van der Waals surface area contributed by atoms with Gasteiger partial charge >= 0.3 is 5.97 Å². The quantitative estimate of drug-likeness (QED) is 0.903. The van der Waals surface area contributed by atoms with Gasteiger partial charge in [0.2, 0.25) is 0 Å². The molecule has 1 aliphatic heterocycles. The highest BCUT2D eigenvalue weighted by atomic mass is 79.9. The molecule has 18 heavy (non-hydrogen) atoms. The summed E-state index contributed by atoms with van der Waals surface area (Å²) in [7, 11) is 0. The van der Waals surface area contributed by atoms with Crippen LogP contribution in [0.2, 0.25) is 0 Å². The van der Waals surface area contributed by atoms with E-state index in [0.29, 0.717) is 10.3 Å². The van der Waals surface area contributed by atoms with Crippen LogP contribution in [0.15, 0.2) is 16.7 Å². The number of carbonyl (C=O) groups is 1. The first-order valence-corrected chi connectivity index (χ1v) is 7.45. The van der Waals surface area contributed by atoms with Crippen molar-refractivity contribution < 1.29 is 9.90 Å². The van der Waals surface area contributed by atoms with Crippen molar-refractivity contribution in [1.29, 1.82) is 0 Å². The second-order valence-electron chi connectivity index (χ2n) is 4.86. The van der Waals surface area contributed by atoms with Crippen molar-refractivity contribution in [3.05, 3.63) is 22.3 Å². The number of hydrogen-bond donors (Lipinski definition) is 1. The van der Waals surface area contributed by atoms with E-state index in [1.807, 2.05) is 11.8 Å². The number of pyridine rings is 1. The average molecular weight is 331 g/mol. The minimum atomic E-state index is -0.935. The topological polar surface area (TPSA) is 53.4 Å². The van der Waals surface area contributed by atoms with Gasteiger partial charge < -0.3 is 10.0 Å². The van der Waals surface area contributed by atoms with E-state index in [-0.39, 0.29) is 10.3 Å². The van der Waals surface area contributed by atoms with Gasteiger partial charge in [-0.3, -0.25) is 0 Å². The summed E-state index contributed by atoms with van der Waals surface area (Å²) in [5.41, 5.74) is 0.257. The molecule has 1 N–H and O–H groups in total. The van der Waals surface area contributed by atoms with Gasteiger partial charge in [0.15, 0.2) is 0 Å². The molecule has 6 heteroatoms. The van der Waals surface area contributed by atoms with Crippen LogP contribution in [0, 0.1) is 0 Å². The molecule has 0 aliphatic carbocycles. The molecule has 1 saturated heterocycles. The number of anilines is 1. The highest BCUT2D eigenvalue weighted by Crippen LogP contribution is 2.33. The van der Waals surface area contributed by atoms with Crippen molar-refractivity contribution >= 4 is 39.5 Å². The Morgan fingerprint density at radius 2 is 2.33 bits per heavy atom. The number of hydrogen-bond acceptors (Lipinski definition) is 4. The zero-order chi connectivity index (χ0) is 13.3. The van der Waals surface area contributed by atoms with Crippen molar-refractivity contribution in [2.45, 2.75) is 18.6 Å². The van der Waals surface area contributed by atoms with E-state index in [0.717, 1.165) is 18.8 Å². The molecule has 4 nitrogen and oxygen atoms in total. The highest BCUT2D eigenvalue weighted by Gasteiger charge is 2.29. The van der Waals surface area contributed by atoms with Crippen LogP contribution in [0.5, 0.6) is 0 Å². The van der Waals surface area contributed by atoms with Crippen LogP contribution < -0.4 is 4.90 Å². The molecule has 98 valence electrons. The maximum Gasteiger partial charge on any atom is 0.339 e. The van der Waals surface area contributed by atoms with Crippen LogP contribution in [-0.4, -0.2) is 39.6 Å². The number of aromatic nitrogens is 1. The molecule has 0 unspecified atom stereocenters. The zero-order valence-corrected chi connectivity index (χ0v) is 12.7. The Kier molecular flexibility index (Phi) is 3.87. The SMILES string of the molecule is CC1(C)CN(c2ncc(Br)cc2C(=O)O)CCS1. The molecule has 0 spiro atoms. The van der Waals surface area contributed by atoms with Crippen LogP contribution in [0.1, 0.15) is 24.2 Å². The lowest BCUT2D eigenvalue weighted by molar-refractivity contribution is 0.0697. The van der Waals surface area contributed by atoms with Gasteiger partial charge in [-0.1, -0.05) is 0 Å². The maximum atomic E-state index is 11.3. The lowest BCUT2D eigenvalue weighted by atomic mass is 10.1. The third-order valence-corrected chi connectivity index (χ3v) is 4.52. The first kappa shape index (κ1) is 13.7. The molecule has 0 atom stereocenters. The second-order valence-corrected chi connectivity index (χ2v) is 7.58. The number of rotatable bonds is 2. The minimum absolute atomic E-state index is 0.128. The van der Waals surface area contributed by atoms with Gasteiger partial charge in [-0.05, 0) is 35.8 Å². The largest absolute Gasteiger partial charge is 0.478 e. The van der Waals surface area contributed by atoms with Gasteiger partial charge in [-0.15, -0.1) is 0 Å². The summed E-state index contributed by atoms with van der Waals surface area (Å²) in [6.07, 6.45) is 1.65. The fourth-order valence-corrected chi connectivity index (χ4v) is 3.48. The highest BCUT2D eigenvalue weighted by molar-refractivity contribution is 9.10. The minimum Gasteiger partial charge on any atom is -0.478 e. The fraction of sp³-hybridized carbons (Fsp3) is 0.500. The summed E-state index contributed by atoms with van der Waals surface area (Å²) in [4.78, 5) is 17.6. The van der Waals surface area contributed by atoms with Crippen molar-refractivity contribution in [2.75, 3.05) is 23.7 Å². The molecule has 0 amide bonds. The van der Waals surface area contributed by atoms with Crippen LogP contribution >= 0.6 is 27.7 Å². The zero-order valence-electron chi connectivity index (χ0n) is 10.3. The summed E-state index contributed by atoms with van der Waals surface area (Å²) in [6, 6.07) is 1.61. The monoisotopic (exact) mass is 330 g/mol. The lowest BCUT2D eigenvalue weighted by Gasteiger charge is -2.38. The van der Waals surface area contributed by atoms with Gasteiger partial charge in [0, 0.05) is 34.3 Å². The number of carboxylic acid groups (broad SMARTS) is 1. The molecule has 1 aromatic rings. The van der Waals surface area contributed by atoms with Crippen LogP contribution in [-0.2, 0) is 0 Å². The molecular weight excluding hydrogens is 316 g/mol. The Balaban J connectivity index is 2.35. The molecule has 1 aromatic heterocycles. The van der Waals surface area contributed by atoms with Crippen molar-refractivity contribution in [2.24, 2.45) is 0 Å². The van der Waals surface area contributed by atoms with E-state index in [1.165, 1.54) is 0 Å². The predicted molar refractivity (Wildman–Crippen MR) is 77.6 cm³/mol. The fourth-order valence-electron chi connectivity index (χ4n) is 2.04. The second kappa shape index (κ2) is 5.09. The molecule has 1 fully saturated rings. The third kappa shape index (κ3) is 2.98. The Morgan fingerprint density at radius 1 is 1.61 bits per heavy atom. The molecule has 1 aliphatic rings. The maximum absolute atomic E-state index is 11.3. The summed E-state index contributed by atoms with van der Waals surface area (Å²) >= 11 is 5.17. The molecule has 2 rings (SSSR count). The van der Waals surface area contributed by atoms with Gasteiger partial charge in [0.1, 0.15) is 11.4 Å². The van der Waals surface area contributed by atoms with E-state index >= 15 is 0 Å². The number of halogens is 1. The standard InChI is InChI=1S/C12H15BrN2O2S/c1-12(2)7-15(3-4-18-12)10-9(11(16)17)5-8(13)6-14-10/h5-6H,3-4,7H2,1-2H3,(H,16,17). The Hall–Kier alpha value is -0.750. The first-order valence-electron chi connectivity index (χ1n) is 5.67. The summed E-state index contributed by atoms with van der Waals surface area (Å²) in [5.74, 6) is 0.623.